The van der Waals surface area contributed by atoms with E-state index < -0.39 is 0 Å². The molecule has 1 amide bonds. The second-order valence-electron chi connectivity index (χ2n) is 6.54. The molecule has 1 fully saturated rings. The number of carbonyl (C=O) groups excluding carboxylic acids is 1. The van der Waals surface area contributed by atoms with Crippen LogP contribution < -0.4 is 5.32 Å². The van der Waals surface area contributed by atoms with Gasteiger partial charge in [0, 0.05) is 31.2 Å². The van der Waals surface area contributed by atoms with Crippen molar-refractivity contribution in [2.45, 2.75) is 12.3 Å². The molecule has 0 aromatic heterocycles. The summed E-state index contributed by atoms with van der Waals surface area (Å²) >= 11 is 6.01. The third-order valence-electron chi connectivity index (χ3n) is 4.70. The predicted molar refractivity (Wildman–Crippen MR) is 105 cm³/mol. The average molecular weight is 373 g/mol. The van der Waals surface area contributed by atoms with Crippen LogP contribution in [-0.2, 0) is 16.0 Å². The van der Waals surface area contributed by atoms with Crippen LogP contribution in [0.2, 0.25) is 5.02 Å². The molecule has 1 heterocycles. The van der Waals surface area contributed by atoms with Crippen LogP contribution in [0.1, 0.15) is 17.0 Å². The van der Waals surface area contributed by atoms with E-state index in [2.05, 4.69) is 22.3 Å². The smallest absolute Gasteiger partial charge is 0.227 e. The van der Waals surface area contributed by atoms with Crippen LogP contribution in [-0.4, -0.2) is 50.2 Å². The minimum absolute atomic E-state index is 0.0597. The van der Waals surface area contributed by atoms with Crippen LogP contribution in [0.3, 0.4) is 0 Å². The summed E-state index contributed by atoms with van der Waals surface area (Å²) in [5.41, 5.74) is 2.14. The molecule has 1 aliphatic heterocycles. The Morgan fingerprint density at radius 2 is 1.77 bits per heavy atom. The molecule has 1 N–H and O–H groups in total. The highest BCUT2D eigenvalue weighted by Crippen LogP contribution is 2.23. The number of hydrogen-bond donors (Lipinski definition) is 1. The number of nitrogens with one attached hydrogen (secondary N) is 1. The minimum Gasteiger partial charge on any atom is -0.379 e. The lowest BCUT2D eigenvalue weighted by Crippen LogP contribution is -2.42. The van der Waals surface area contributed by atoms with Crippen molar-refractivity contribution in [3.63, 3.8) is 0 Å². The van der Waals surface area contributed by atoms with Gasteiger partial charge in [-0.25, -0.2) is 0 Å². The van der Waals surface area contributed by atoms with Crippen LogP contribution in [0.15, 0.2) is 54.6 Å². The van der Waals surface area contributed by atoms with Crippen LogP contribution in [0, 0.1) is 0 Å². The molecular weight excluding hydrogens is 348 g/mol. The van der Waals surface area contributed by atoms with Crippen LogP contribution >= 0.6 is 11.6 Å². The summed E-state index contributed by atoms with van der Waals surface area (Å²) < 4.78 is 5.36. The average Bonchev–Trinajstić information content (AvgIpc) is 2.68. The molecular formula is C21H25ClN2O2. The van der Waals surface area contributed by atoms with Crippen LogP contribution in [0.25, 0.3) is 0 Å². The zero-order valence-electron chi connectivity index (χ0n) is 14.9. The van der Waals surface area contributed by atoms with Gasteiger partial charge in [0.15, 0.2) is 0 Å². The lowest BCUT2D eigenvalue weighted by atomic mass is 9.91. The van der Waals surface area contributed by atoms with Crippen molar-refractivity contribution in [2.75, 3.05) is 39.4 Å². The Balaban J connectivity index is 1.63. The summed E-state index contributed by atoms with van der Waals surface area (Å²) in [4.78, 5) is 15.2. The highest BCUT2D eigenvalue weighted by atomic mass is 35.5. The first kappa shape index (κ1) is 18.9. The highest BCUT2D eigenvalue weighted by molar-refractivity contribution is 6.30. The summed E-state index contributed by atoms with van der Waals surface area (Å²) in [6.07, 6.45) is 0.672. The first-order chi connectivity index (χ1) is 12.7. The van der Waals surface area contributed by atoms with Crippen molar-refractivity contribution in [2.24, 2.45) is 0 Å². The Kier molecular flexibility index (Phi) is 7.06. The van der Waals surface area contributed by atoms with Crippen molar-refractivity contribution in [1.82, 2.24) is 10.2 Å². The van der Waals surface area contributed by atoms with E-state index in [0.717, 1.165) is 44.0 Å². The Morgan fingerprint density at radius 3 is 2.46 bits per heavy atom. The summed E-state index contributed by atoms with van der Waals surface area (Å²) in [5, 5.41) is 3.79. The molecule has 4 nitrogen and oxygen atoms in total. The van der Waals surface area contributed by atoms with Crippen molar-refractivity contribution in [1.29, 1.82) is 0 Å². The second-order valence-corrected chi connectivity index (χ2v) is 6.98. The lowest BCUT2D eigenvalue weighted by molar-refractivity contribution is -0.122. The van der Waals surface area contributed by atoms with Gasteiger partial charge in [0.05, 0.1) is 19.1 Å². The number of amides is 1. The zero-order chi connectivity index (χ0) is 18.2. The second kappa shape index (κ2) is 9.72. The minimum atomic E-state index is -0.223. The van der Waals surface area contributed by atoms with Crippen LogP contribution in [0.4, 0.5) is 0 Å². The van der Waals surface area contributed by atoms with Gasteiger partial charge in [-0.2, -0.15) is 0 Å². The van der Waals surface area contributed by atoms with E-state index in [-0.39, 0.29) is 11.8 Å². The van der Waals surface area contributed by atoms with Gasteiger partial charge >= 0.3 is 0 Å². The summed E-state index contributed by atoms with van der Waals surface area (Å²) in [6, 6.07) is 17.7. The monoisotopic (exact) mass is 372 g/mol. The molecule has 0 radical (unpaired) electrons. The Labute approximate surface area is 160 Å². The fraction of sp³-hybridized carbons (Fsp3) is 0.381. The van der Waals surface area contributed by atoms with E-state index in [1.165, 1.54) is 0 Å². The molecule has 0 bridgehead atoms. The van der Waals surface area contributed by atoms with E-state index in [1.807, 2.05) is 42.5 Å². The first-order valence-electron chi connectivity index (χ1n) is 9.09. The molecule has 0 saturated carbocycles. The van der Waals surface area contributed by atoms with E-state index >= 15 is 0 Å². The SMILES string of the molecule is O=C(NCCN1CCOCC1)C(Cc1ccccc1)c1ccc(Cl)cc1. The summed E-state index contributed by atoms with van der Waals surface area (Å²) in [7, 11) is 0. The summed E-state index contributed by atoms with van der Waals surface area (Å²) in [5.74, 6) is -0.163. The maximum atomic E-state index is 12.9. The number of nitrogens with zero attached hydrogens (tertiary/aromatic N) is 1. The molecule has 1 atom stereocenters. The van der Waals surface area contributed by atoms with Gasteiger partial charge in [-0.3, -0.25) is 9.69 Å². The zero-order valence-corrected chi connectivity index (χ0v) is 15.6. The molecule has 2 aromatic carbocycles. The Morgan fingerprint density at radius 1 is 1.08 bits per heavy atom. The largest absolute Gasteiger partial charge is 0.379 e. The molecule has 1 unspecified atom stereocenters. The molecule has 0 aliphatic carbocycles. The van der Waals surface area contributed by atoms with Gasteiger partial charge in [-0.15, -0.1) is 0 Å². The number of ether oxygens (including phenoxy) is 1. The molecule has 0 spiro atoms. The third kappa shape index (κ3) is 5.56. The van der Waals surface area contributed by atoms with Crippen molar-refractivity contribution < 1.29 is 9.53 Å². The number of hydrogen-bond acceptors (Lipinski definition) is 3. The Bertz CT molecular complexity index is 685. The van der Waals surface area contributed by atoms with Gasteiger partial charge in [0.25, 0.3) is 0 Å². The van der Waals surface area contributed by atoms with E-state index in [0.29, 0.717) is 18.0 Å². The number of benzene rings is 2. The quantitative estimate of drug-likeness (QED) is 0.812. The van der Waals surface area contributed by atoms with Crippen molar-refractivity contribution >= 4 is 17.5 Å². The number of halogens is 1. The van der Waals surface area contributed by atoms with Crippen LogP contribution in [0.5, 0.6) is 0 Å². The molecule has 1 saturated heterocycles. The third-order valence-corrected chi connectivity index (χ3v) is 4.95. The first-order valence-corrected chi connectivity index (χ1v) is 9.47. The van der Waals surface area contributed by atoms with Gasteiger partial charge in [-0.1, -0.05) is 54.1 Å². The number of carbonyl (C=O) groups is 1. The fourth-order valence-corrected chi connectivity index (χ4v) is 3.32. The topological polar surface area (TPSA) is 41.6 Å². The maximum Gasteiger partial charge on any atom is 0.227 e. The van der Waals surface area contributed by atoms with E-state index in [9.17, 15) is 4.79 Å². The van der Waals surface area contributed by atoms with Gasteiger partial charge < -0.3 is 10.1 Å². The van der Waals surface area contributed by atoms with Crippen molar-refractivity contribution in [3.05, 3.63) is 70.7 Å². The van der Waals surface area contributed by atoms with E-state index in [1.54, 1.807) is 0 Å². The maximum absolute atomic E-state index is 12.9. The number of morpholine rings is 1. The van der Waals surface area contributed by atoms with Gasteiger partial charge in [0.1, 0.15) is 0 Å². The molecule has 5 heteroatoms. The van der Waals surface area contributed by atoms with Gasteiger partial charge in [0.2, 0.25) is 5.91 Å². The summed E-state index contributed by atoms with van der Waals surface area (Å²) in [6.45, 7) is 4.91. The van der Waals surface area contributed by atoms with Gasteiger partial charge in [-0.05, 0) is 29.7 Å². The van der Waals surface area contributed by atoms with E-state index in [4.69, 9.17) is 16.3 Å². The molecule has 26 heavy (non-hydrogen) atoms. The van der Waals surface area contributed by atoms with Crippen molar-refractivity contribution in [3.8, 4) is 0 Å². The normalized spacial score (nSPS) is 16.2. The molecule has 1 aliphatic rings. The molecule has 2 aromatic rings. The fourth-order valence-electron chi connectivity index (χ4n) is 3.19. The number of rotatable bonds is 7. The molecule has 138 valence electrons. The standard InChI is InChI=1S/C21H25ClN2O2/c22-19-8-6-18(7-9-19)20(16-17-4-2-1-3-5-17)21(25)23-10-11-24-12-14-26-15-13-24/h1-9,20H,10-16H2,(H,23,25). The Hall–Kier alpha value is -1.88. The lowest BCUT2D eigenvalue weighted by Gasteiger charge is -2.27. The highest BCUT2D eigenvalue weighted by Gasteiger charge is 2.21. The predicted octanol–water partition coefficient (Wildman–Crippen LogP) is 3.11. The molecule has 3 rings (SSSR count).